The van der Waals surface area contributed by atoms with Crippen LogP contribution in [0.4, 0.5) is 4.79 Å². The van der Waals surface area contributed by atoms with Crippen LogP contribution in [0.3, 0.4) is 0 Å². The molecular formula is C17H21ClN2O3. The molecule has 2 heterocycles. The first-order valence-electron chi connectivity index (χ1n) is 7.76. The van der Waals surface area contributed by atoms with Gasteiger partial charge in [-0.05, 0) is 38.8 Å². The SMILES string of the molecule is CC(C)(C)OC(=O)NCCc1c[nH]c2cc3c(c(Cl)c12)OCC3. The lowest BCUT2D eigenvalue weighted by Gasteiger charge is -2.19. The smallest absolute Gasteiger partial charge is 0.407 e. The van der Waals surface area contributed by atoms with Crippen LogP contribution >= 0.6 is 11.6 Å². The minimum Gasteiger partial charge on any atom is -0.491 e. The van der Waals surface area contributed by atoms with Crippen LogP contribution in [0.15, 0.2) is 12.3 Å². The average molecular weight is 337 g/mol. The highest BCUT2D eigenvalue weighted by Gasteiger charge is 2.21. The van der Waals surface area contributed by atoms with E-state index < -0.39 is 11.7 Å². The summed E-state index contributed by atoms with van der Waals surface area (Å²) >= 11 is 6.51. The Morgan fingerprint density at radius 3 is 3.00 bits per heavy atom. The number of alkyl carbamates (subject to hydrolysis) is 1. The summed E-state index contributed by atoms with van der Waals surface area (Å²) in [6, 6.07) is 2.09. The largest absolute Gasteiger partial charge is 0.491 e. The maximum atomic E-state index is 11.7. The third-order valence-corrected chi connectivity index (χ3v) is 4.06. The molecule has 0 bridgehead atoms. The van der Waals surface area contributed by atoms with Crippen molar-refractivity contribution < 1.29 is 14.3 Å². The Balaban J connectivity index is 1.71. The second-order valence-corrected chi connectivity index (χ2v) is 7.07. The van der Waals surface area contributed by atoms with Gasteiger partial charge in [0.05, 0.1) is 11.6 Å². The summed E-state index contributed by atoms with van der Waals surface area (Å²) in [4.78, 5) is 14.9. The van der Waals surface area contributed by atoms with Gasteiger partial charge in [-0.1, -0.05) is 11.6 Å². The molecule has 1 aromatic heterocycles. The molecular weight excluding hydrogens is 316 g/mol. The summed E-state index contributed by atoms with van der Waals surface area (Å²) in [5, 5.41) is 4.39. The van der Waals surface area contributed by atoms with E-state index in [1.54, 1.807) is 0 Å². The fraction of sp³-hybridized carbons (Fsp3) is 0.471. The van der Waals surface area contributed by atoms with Crippen LogP contribution in [-0.2, 0) is 17.6 Å². The average Bonchev–Trinajstić information content (AvgIpc) is 3.04. The van der Waals surface area contributed by atoms with Crippen LogP contribution in [0.2, 0.25) is 5.02 Å². The lowest BCUT2D eigenvalue weighted by atomic mass is 10.1. The Bertz CT molecular complexity index is 746. The third kappa shape index (κ3) is 3.39. The highest BCUT2D eigenvalue weighted by Crippen LogP contribution is 2.40. The molecule has 0 saturated heterocycles. The van der Waals surface area contributed by atoms with Crippen molar-refractivity contribution in [2.45, 2.75) is 39.2 Å². The van der Waals surface area contributed by atoms with Gasteiger partial charge in [0.1, 0.15) is 11.4 Å². The minimum atomic E-state index is -0.494. The van der Waals surface area contributed by atoms with Crippen molar-refractivity contribution in [1.29, 1.82) is 0 Å². The van der Waals surface area contributed by atoms with Gasteiger partial charge in [-0.15, -0.1) is 0 Å². The number of halogens is 1. The van der Waals surface area contributed by atoms with E-state index in [9.17, 15) is 4.79 Å². The van der Waals surface area contributed by atoms with E-state index in [1.807, 2.05) is 27.0 Å². The van der Waals surface area contributed by atoms with Gasteiger partial charge in [-0.2, -0.15) is 0 Å². The van der Waals surface area contributed by atoms with Gasteiger partial charge in [0.25, 0.3) is 0 Å². The summed E-state index contributed by atoms with van der Waals surface area (Å²) in [6.07, 6.45) is 3.08. The van der Waals surface area contributed by atoms with E-state index in [-0.39, 0.29) is 0 Å². The molecule has 0 fully saturated rings. The third-order valence-electron chi connectivity index (χ3n) is 3.70. The standard InChI is InChI=1S/C17H21ClN2O3/c1-17(2,3)23-16(21)19-6-4-11-9-20-12-8-10-5-7-22-15(10)14(18)13(11)12/h8-9,20H,4-7H2,1-3H3,(H,19,21). The summed E-state index contributed by atoms with van der Waals surface area (Å²) in [7, 11) is 0. The Morgan fingerprint density at radius 1 is 1.48 bits per heavy atom. The summed E-state index contributed by atoms with van der Waals surface area (Å²) < 4.78 is 10.8. The van der Waals surface area contributed by atoms with Crippen LogP contribution in [0.25, 0.3) is 10.9 Å². The van der Waals surface area contributed by atoms with E-state index in [2.05, 4.69) is 16.4 Å². The number of hydrogen-bond donors (Lipinski definition) is 2. The van der Waals surface area contributed by atoms with Gasteiger partial charge >= 0.3 is 6.09 Å². The number of aromatic amines is 1. The molecule has 0 saturated carbocycles. The Morgan fingerprint density at radius 2 is 2.26 bits per heavy atom. The first kappa shape index (κ1) is 16.0. The van der Waals surface area contributed by atoms with E-state index in [4.69, 9.17) is 21.1 Å². The predicted octanol–water partition coefficient (Wildman–Crippen LogP) is 3.82. The van der Waals surface area contributed by atoms with E-state index in [1.165, 1.54) is 0 Å². The molecule has 124 valence electrons. The van der Waals surface area contributed by atoms with Crippen molar-refractivity contribution in [1.82, 2.24) is 10.3 Å². The first-order chi connectivity index (χ1) is 10.8. The lowest BCUT2D eigenvalue weighted by Crippen LogP contribution is -2.33. The molecule has 2 N–H and O–H groups in total. The fourth-order valence-electron chi connectivity index (χ4n) is 2.76. The minimum absolute atomic E-state index is 0.410. The van der Waals surface area contributed by atoms with E-state index in [0.717, 1.165) is 34.2 Å². The summed E-state index contributed by atoms with van der Waals surface area (Å²) in [6.45, 7) is 6.68. The first-order valence-corrected chi connectivity index (χ1v) is 8.14. The van der Waals surface area contributed by atoms with Gasteiger partial charge in [-0.25, -0.2) is 4.79 Å². The molecule has 0 atom stereocenters. The maximum Gasteiger partial charge on any atom is 0.407 e. The number of nitrogens with one attached hydrogen (secondary N) is 2. The molecule has 6 heteroatoms. The molecule has 0 radical (unpaired) electrons. The van der Waals surface area contributed by atoms with Crippen molar-refractivity contribution >= 4 is 28.6 Å². The molecule has 0 aliphatic carbocycles. The van der Waals surface area contributed by atoms with Gasteiger partial charge in [-0.3, -0.25) is 0 Å². The molecule has 23 heavy (non-hydrogen) atoms. The topological polar surface area (TPSA) is 63.3 Å². The highest BCUT2D eigenvalue weighted by molar-refractivity contribution is 6.37. The van der Waals surface area contributed by atoms with Crippen LogP contribution in [0.1, 0.15) is 31.9 Å². The summed E-state index contributed by atoms with van der Waals surface area (Å²) in [5.74, 6) is 0.792. The predicted molar refractivity (Wildman–Crippen MR) is 90.4 cm³/mol. The quantitative estimate of drug-likeness (QED) is 0.895. The van der Waals surface area contributed by atoms with Gasteiger partial charge in [0.15, 0.2) is 0 Å². The van der Waals surface area contributed by atoms with Crippen LogP contribution in [-0.4, -0.2) is 29.8 Å². The molecule has 1 aromatic carbocycles. The maximum absolute atomic E-state index is 11.7. The highest BCUT2D eigenvalue weighted by atomic mass is 35.5. The zero-order chi connectivity index (χ0) is 16.6. The summed E-state index contributed by atoms with van der Waals surface area (Å²) in [5.41, 5.74) is 2.71. The zero-order valence-electron chi connectivity index (χ0n) is 13.6. The second-order valence-electron chi connectivity index (χ2n) is 6.69. The number of ether oxygens (including phenoxy) is 2. The molecule has 3 rings (SSSR count). The van der Waals surface area contributed by atoms with E-state index in [0.29, 0.717) is 24.6 Å². The van der Waals surface area contributed by atoms with Crippen molar-refractivity contribution in [2.75, 3.05) is 13.2 Å². The number of carbonyl (C=O) groups is 1. The van der Waals surface area contributed by atoms with Crippen LogP contribution in [0, 0.1) is 0 Å². The van der Waals surface area contributed by atoms with Crippen molar-refractivity contribution in [3.05, 3.63) is 28.4 Å². The zero-order valence-corrected chi connectivity index (χ0v) is 14.3. The van der Waals surface area contributed by atoms with Crippen molar-refractivity contribution in [3.8, 4) is 5.75 Å². The fourth-order valence-corrected chi connectivity index (χ4v) is 3.16. The van der Waals surface area contributed by atoms with Crippen LogP contribution in [0.5, 0.6) is 5.75 Å². The number of amides is 1. The van der Waals surface area contributed by atoms with Crippen molar-refractivity contribution in [2.24, 2.45) is 0 Å². The van der Waals surface area contributed by atoms with Crippen molar-refractivity contribution in [3.63, 3.8) is 0 Å². The molecule has 0 spiro atoms. The van der Waals surface area contributed by atoms with Gasteiger partial charge in [0.2, 0.25) is 0 Å². The monoisotopic (exact) mass is 336 g/mol. The number of fused-ring (bicyclic) bond motifs is 2. The Hall–Kier alpha value is -1.88. The normalized spacial score (nSPS) is 13.7. The van der Waals surface area contributed by atoms with Crippen LogP contribution < -0.4 is 10.1 Å². The molecule has 0 unspecified atom stereocenters. The van der Waals surface area contributed by atoms with E-state index >= 15 is 0 Å². The molecule has 1 aliphatic heterocycles. The second kappa shape index (κ2) is 5.96. The number of rotatable bonds is 3. The number of H-pyrrole nitrogens is 1. The Labute approximate surface area is 140 Å². The molecule has 2 aromatic rings. The van der Waals surface area contributed by atoms with Gasteiger partial charge in [0, 0.05) is 35.6 Å². The molecule has 1 amide bonds. The number of aromatic nitrogens is 1. The Kier molecular flexibility index (Phi) is 4.15. The number of hydrogen-bond acceptors (Lipinski definition) is 3. The molecule has 5 nitrogen and oxygen atoms in total. The van der Waals surface area contributed by atoms with Gasteiger partial charge < -0.3 is 19.8 Å². The number of carbonyl (C=O) groups excluding carboxylic acids is 1. The molecule has 1 aliphatic rings. The number of benzene rings is 1. The lowest BCUT2D eigenvalue weighted by molar-refractivity contribution is 0.0528.